The smallest absolute Gasteiger partial charge is 0.412 e. The van der Waals surface area contributed by atoms with Crippen LogP contribution in [0.5, 0.6) is 0 Å². The van der Waals surface area contributed by atoms with E-state index in [0.717, 1.165) is 16.5 Å². The highest BCUT2D eigenvalue weighted by molar-refractivity contribution is 9.10. The zero-order valence-corrected chi connectivity index (χ0v) is 20.4. The normalized spacial score (nSPS) is 21.0. The van der Waals surface area contributed by atoms with Crippen molar-refractivity contribution in [3.63, 3.8) is 0 Å². The minimum Gasteiger partial charge on any atom is -0.444 e. The first-order valence-electron chi connectivity index (χ1n) is 10.5. The van der Waals surface area contributed by atoms with E-state index in [0.29, 0.717) is 18.8 Å². The van der Waals surface area contributed by atoms with E-state index in [1.54, 1.807) is 16.7 Å². The van der Waals surface area contributed by atoms with Gasteiger partial charge in [0.2, 0.25) is 5.91 Å². The zero-order valence-electron chi connectivity index (χ0n) is 18.0. The number of rotatable bonds is 2. The second-order valence-corrected chi connectivity index (χ2v) is 11.0. The monoisotopic (exact) mass is 502 g/mol. The van der Waals surface area contributed by atoms with E-state index in [1.807, 2.05) is 62.1 Å². The van der Waals surface area contributed by atoms with Gasteiger partial charge < -0.3 is 9.64 Å². The van der Waals surface area contributed by atoms with Crippen molar-refractivity contribution in [2.24, 2.45) is 0 Å². The second kappa shape index (κ2) is 8.87. The Morgan fingerprint density at radius 2 is 1.84 bits per heavy atom. The predicted molar refractivity (Wildman–Crippen MR) is 127 cm³/mol. The quantitative estimate of drug-likeness (QED) is 0.552. The number of fused-ring (bicyclic) bond motifs is 1. The third-order valence-corrected chi connectivity index (χ3v) is 7.28. The number of amides is 2. The molecule has 2 aliphatic rings. The molecule has 0 radical (unpaired) electrons. The number of nitrogens with zero attached hydrogens (tertiary/aromatic N) is 2. The van der Waals surface area contributed by atoms with Crippen LogP contribution in [0.25, 0.3) is 0 Å². The standard InChI is InChI=1S/C24H27BrN2O3S/c1-24(2,3)30-23(29)27-20(15-31-22(27)17-9-6-10-19(25)13-17)21(28)26-12-11-16-7-4-5-8-18(16)14-26/h4-10,13,20,22H,11-12,14-15H2,1-3H3. The van der Waals surface area contributed by atoms with Crippen molar-refractivity contribution in [3.05, 3.63) is 69.7 Å². The van der Waals surface area contributed by atoms with Crippen molar-refractivity contribution >= 4 is 39.7 Å². The van der Waals surface area contributed by atoms with Gasteiger partial charge in [0.1, 0.15) is 17.0 Å². The van der Waals surface area contributed by atoms with Gasteiger partial charge >= 0.3 is 6.09 Å². The summed E-state index contributed by atoms with van der Waals surface area (Å²) in [6.07, 6.45) is 0.391. The molecule has 1 saturated heterocycles. The molecule has 1 fully saturated rings. The lowest BCUT2D eigenvalue weighted by Gasteiger charge is -2.35. The summed E-state index contributed by atoms with van der Waals surface area (Å²) in [4.78, 5) is 30.3. The van der Waals surface area contributed by atoms with Crippen LogP contribution in [0.15, 0.2) is 53.0 Å². The Morgan fingerprint density at radius 1 is 1.10 bits per heavy atom. The minimum atomic E-state index is -0.635. The first-order valence-corrected chi connectivity index (χ1v) is 12.3. The average molecular weight is 503 g/mol. The summed E-state index contributed by atoms with van der Waals surface area (Å²) in [5, 5.41) is -0.265. The number of hydrogen-bond acceptors (Lipinski definition) is 4. The molecule has 2 atom stereocenters. The molecule has 164 valence electrons. The molecule has 0 spiro atoms. The van der Waals surface area contributed by atoms with E-state index < -0.39 is 17.7 Å². The molecule has 2 aromatic rings. The average Bonchev–Trinajstić information content (AvgIpc) is 3.17. The van der Waals surface area contributed by atoms with Crippen molar-refractivity contribution < 1.29 is 14.3 Å². The predicted octanol–water partition coefficient (Wildman–Crippen LogP) is 5.39. The highest BCUT2D eigenvalue weighted by Crippen LogP contribution is 2.43. The van der Waals surface area contributed by atoms with Crippen molar-refractivity contribution in [3.8, 4) is 0 Å². The lowest BCUT2D eigenvalue weighted by atomic mass is 9.99. The molecule has 2 unspecified atom stereocenters. The van der Waals surface area contributed by atoms with Gasteiger partial charge in [-0.1, -0.05) is 52.3 Å². The summed E-state index contributed by atoms with van der Waals surface area (Å²) in [5.41, 5.74) is 2.82. The molecule has 0 bridgehead atoms. The van der Waals surface area contributed by atoms with Crippen LogP contribution < -0.4 is 0 Å². The highest BCUT2D eigenvalue weighted by atomic mass is 79.9. The van der Waals surface area contributed by atoms with Gasteiger partial charge in [-0.15, -0.1) is 11.8 Å². The fraction of sp³-hybridized carbons (Fsp3) is 0.417. The van der Waals surface area contributed by atoms with Crippen molar-refractivity contribution in [2.75, 3.05) is 12.3 Å². The number of carbonyl (C=O) groups excluding carboxylic acids is 2. The number of benzene rings is 2. The van der Waals surface area contributed by atoms with Gasteiger partial charge in [0.25, 0.3) is 0 Å². The maximum absolute atomic E-state index is 13.6. The van der Waals surface area contributed by atoms with Gasteiger partial charge in [-0.3, -0.25) is 9.69 Å². The third-order valence-electron chi connectivity index (χ3n) is 5.47. The maximum Gasteiger partial charge on any atom is 0.412 e. The zero-order chi connectivity index (χ0) is 22.2. The number of thioether (sulfide) groups is 1. The van der Waals surface area contributed by atoms with Crippen molar-refractivity contribution in [2.45, 2.75) is 50.8 Å². The van der Waals surface area contributed by atoms with Gasteiger partial charge in [-0.2, -0.15) is 0 Å². The van der Waals surface area contributed by atoms with Crippen LogP contribution in [0.2, 0.25) is 0 Å². The Morgan fingerprint density at radius 3 is 2.55 bits per heavy atom. The molecule has 0 saturated carbocycles. The van der Waals surface area contributed by atoms with E-state index >= 15 is 0 Å². The van der Waals surface area contributed by atoms with Gasteiger partial charge in [0.05, 0.1) is 0 Å². The van der Waals surface area contributed by atoms with Crippen molar-refractivity contribution in [1.29, 1.82) is 0 Å². The molecular formula is C24H27BrN2O3S. The second-order valence-electron chi connectivity index (χ2n) is 8.92. The summed E-state index contributed by atoms with van der Waals surface area (Å²) >= 11 is 5.13. The summed E-state index contributed by atoms with van der Waals surface area (Å²) in [6.45, 7) is 6.79. The van der Waals surface area contributed by atoms with Crippen LogP contribution in [-0.4, -0.2) is 45.7 Å². The van der Waals surface area contributed by atoms with Crippen LogP contribution in [0.4, 0.5) is 4.79 Å². The van der Waals surface area contributed by atoms with E-state index in [2.05, 4.69) is 28.1 Å². The summed E-state index contributed by atoms with van der Waals surface area (Å²) in [5.74, 6) is 0.540. The number of halogens is 1. The van der Waals surface area contributed by atoms with E-state index in [9.17, 15) is 9.59 Å². The fourth-order valence-corrected chi connectivity index (χ4v) is 5.86. The molecule has 2 aliphatic heterocycles. The molecular weight excluding hydrogens is 476 g/mol. The Hall–Kier alpha value is -1.99. The molecule has 0 aliphatic carbocycles. The molecule has 2 heterocycles. The van der Waals surface area contributed by atoms with Crippen LogP contribution in [0.3, 0.4) is 0 Å². The molecule has 2 amide bonds. The first-order chi connectivity index (χ1) is 14.7. The molecule has 4 rings (SSSR count). The Labute approximate surface area is 196 Å². The first kappa shape index (κ1) is 22.2. The van der Waals surface area contributed by atoms with Crippen LogP contribution in [-0.2, 0) is 22.5 Å². The van der Waals surface area contributed by atoms with E-state index in [1.165, 1.54) is 11.1 Å². The lowest BCUT2D eigenvalue weighted by Crippen LogP contribution is -2.51. The van der Waals surface area contributed by atoms with Crippen LogP contribution in [0, 0.1) is 0 Å². The van der Waals surface area contributed by atoms with E-state index in [4.69, 9.17) is 4.74 Å². The Kier molecular flexibility index (Phi) is 6.35. The molecule has 31 heavy (non-hydrogen) atoms. The SMILES string of the molecule is CC(C)(C)OC(=O)N1C(C(=O)N2CCc3ccccc3C2)CSC1c1cccc(Br)c1. The molecule has 2 aromatic carbocycles. The van der Waals surface area contributed by atoms with Crippen LogP contribution in [0.1, 0.15) is 42.8 Å². The molecule has 5 nitrogen and oxygen atoms in total. The molecule has 0 aromatic heterocycles. The lowest BCUT2D eigenvalue weighted by molar-refractivity contribution is -0.137. The summed E-state index contributed by atoms with van der Waals surface area (Å²) in [6, 6.07) is 15.6. The van der Waals surface area contributed by atoms with Gasteiger partial charge in [0, 0.05) is 23.3 Å². The summed E-state index contributed by atoms with van der Waals surface area (Å²) in [7, 11) is 0. The largest absolute Gasteiger partial charge is 0.444 e. The number of ether oxygens (including phenoxy) is 1. The van der Waals surface area contributed by atoms with Gasteiger partial charge in [-0.25, -0.2) is 4.79 Å². The topological polar surface area (TPSA) is 49.9 Å². The Bertz CT molecular complexity index is 991. The maximum atomic E-state index is 13.6. The van der Waals surface area contributed by atoms with Gasteiger partial charge in [0.15, 0.2) is 0 Å². The van der Waals surface area contributed by atoms with Crippen LogP contribution >= 0.6 is 27.7 Å². The molecule has 7 heteroatoms. The highest BCUT2D eigenvalue weighted by Gasteiger charge is 2.45. The van der Waals surface area contributed by atoms with Crippen molar-refractivity contribution in [1.82, 2.24) is 9.80 Å². The summed E-state index contributed by atoms with van der Waals surface area (Å²) < 4.78 is 6.66. The third kappa shape index (κ3) is 4.93. The number of hydrogen-bond donors (Lipinski definition) is 0. The fourth-order valence-electron chi connectivity index (χ4n) is 4.05. The Balaban J connectivity index is 1.61. The van der Waals surface area contributed by atoms with Gasteiger partial charge in [-0.05, 0) is 56.0 Å². The molecule has 0 N–H and O–H groups in total. The minimum absolute atomic E-state index is 0.00893. The van der Waals surface area contributed by atoms with E-state index in [-0.39, 0.29) is 11.3 Å². The number of carbonyl (C=O) groups is 2.